The standard InChI is InChI=1S/C19H24N4O3/c1-13-4-5-17(22-21-13)20-15-10-19(26-11-15)7-3-8-23(12-19)18(24)16-6-9-25-14(16)2/h4-6,9,15H,3,7-8,10-12H2,1-2H3,(H,20,22)/t15-,19+/m1/s1. The molecule has 0 saturated carbocycles. The molecular weight excluding hydrogens is 332 g/mol. The van der Waals surface area contributed by atoms with E-state index in [9.17, 15) is 4.79 Å². The fraction of sp³-hybridized carbons (Fsp3) is 0.526. The first-order chi connectivity index (χ1) is 12.5. The molecule has 0 aromatic carbocycles. The van der Waals surface area contributed by atoms with Gasteiger partial charge in [0.15, 0.2) is 0 Å². The van der Waals surface area contributed by atoms with Crippen molar-refractivity contribution in [3.8, 4) is 0 Å². The molecule has 7 heteroatoms. The first-order valence-electron chi connectivity index (χ1n) is 9.09. The number of nitrogens with zero attached hydrogens (tertiary/aromatic N) is 3. The molecule has 26 heavy (non-hydrogen) atoms. The van der Waals surface area contributed by atoms with Crippen LogP contribution in [0, 0.1) is 13.8 Å². The maximum atomic E-state index is 12.8. The second-order valence-corrected chi connectivity index (χ2v) is 7.32. The summed E-state index contributed by atoms with van der Waals surface area (Å²) in [6, 6.07) is 5.80. The van der Waals surface area contributed by atoms with E-state index in [0.717, 1.165) is 37.3 Å². The Labute approximate surface area is 152 Å². The van der Waals surface area contributed by atoms with E-state index < -0.39 is 0 Å². The van der Waals surface area contributed by atoms with E-state index in [-0.39, 0.29) is 17.6 Å². The molecule has 2 aliphatic heterocycles. The Balaban J connectivity index is 1.41. The fourth-order valence-corrected chi connectivity index (χ4v) is 3.96. The third-order valence-corrected chi connectivity index (χ3v) is 5.27. The number of piperidine rings is 1. The van der Waals surface area contributed by atoms with Gasteiger partial charge < -0.3 is 19.4 Å². The van der Waals surface area contributed by atoms with Gasteiger partial charge in [-0.05, 0) is 44.9 Å². The van der Waals surface area contributed by atoms with Gasteiger partial charge in [-0.15, -0.1) is 5.10 Å². The molecule has 0 unspecified atom stereocenters. The summed E-state index contributed by atoms with van der Waals surface area (Å²) in [5, 5.41) is 11.7. The number of carbonyl (C=O) groups is 1. The molecule has 0 bridgehead atoms. The van der Waals surface area contributed by atoms with Crippen LogP contribution < -0.4 is 5.32 Å². The molecule has 1 amide bonds. The summed E-state index contributed by atoms with van der Waals surface area (Å²) in [5.74, 6) is 1.46. The molecule has 1 spiro atoms. The zero-order valence-corrected chi connectivity index (χ0v) is 15.2. The number of hydrogen-bond acceptors (Lipinski definition) is 6. The Morgan fingerprint density at radius 1 is 1.31 bits per heavy atom. The number of rotatable bonds is 3. The second kappa shape index (κ2) is 6.72. The number of anilines is 1. The van der Waals surface area contributed by atoms with Crippen LogP contribution in [0.3, 0.4) is 0 Å². The number of hydrogen-bond donors (Lipinski definition) is 1. The molecular formula is C19H24N4O3. The van der Waals surface area contributed by atoms with Gasteiger partial charge in [-0.3, -0.25) is 4.79 Å². The Morgan fingerprint density at radius 3 is 2.92 bits per heavy atom. The summed E-state index contributed by atoms with van der Waals surface area (Å²) in [7, 11) is 0. The molecule has 1 N–H and O–H groups in total. The van der Waals surface area contributed by atoms with Crippen LogP contribution in [0.25, 0.3) is 0 Å². The average molecular weight is 356 g/mol. The Hall–Kier alpha value is -2.41. The Bertz CT molecular complexity index is 788. The van der Waals surface area contributed by atoms with E-state index in [2.05, 4.69) is 15.5 Å². The van der Waals surface area contributed by atoms with Crippen molar-refractivity contribution >= 4 is 11.7 Å². The number of aromatic nitrogens is 2. The number of carbonyl (C=O) groups excluding carboxylic acids is 1. The molecule has 2 atom stereocenters. The number of ether oxygens (including phenoxy) is 1. The average Bonchev–Trinajstić information content (AvgIpc) is 3.23. The summed E-state index contributed by atoms with van der Waals surface area (Å²) in [5.41, 5.74) is 1.26. The van der Waals surface area contributed by atoms with Crippen LogP contribution in [0.1, 0.15) is 41.1 Å². The maximum absolute atomic E-state index is 12.8. The van der Waals surface area contributed by atoms with Gasteiger partial charge in [-0.25, -0.2) is 0 Å². The number of furan rings is 1. The molecule has 2 fully saturated rings. The second-order valence-electron chi connectivity index (χ2n) is 7.32. The molecule has 7 nitrogen and oxygen atoms in total. The van der Waals surface area contributed by atoms with Crippen molar-refractivity contribution in [1.29, 1.82) is 0 Å². The van der Waals surface area contributed by atoms with Gasteiger partial charge in [0.25, 0.3) is 5.91 Å². The highest BCUT2D eigenvalue weighted by atomic mass is 16.5. The van der Waals surface area contributed by atoms with E-state index in [0.29, 0.717) is 24.5 Å². The zero-order chi connectivity index (χ0) is 18.1. The summed E-state index contributed by atoms with van der Waals surface area (Å²) in [4.78, 5) is 14.7. The highest BCUT2D eigenvalue weighted by molar-refractivity contribution is 5.95. The lowest BCUT2D eigenvalue weighted by molar-refractivity contribution is -0.0447. The van der Waals surface area contributed by atoms with Gasteiger partial charge in [0.1, 0.15) is 11.6 Å². The molecule has 2 aliphatic rings. The van der Waals surface area contributed by atoms with E-state index in [1.807, 2.05) is 30.9 Å². The number of aryl methyl sites for hydroxylation is 2. The first-order valence-corrected chi connectivity index (χ1v) is 9.09. The van der Waals surface area contributed by atoms with Gasteiger partial charge in [-0.1, -0.05) is 0 Å². The molecule has 0 aliphatic carbocycles. The molecule has 138 valence electrons. The van der Waals surface area contributed by atoms with Gasteiger partial charge in [0.05, 0.1) is 42.3 Å². The minimum absolute atomic E-state index is 0.0275. The minimum Gasteiger partial charge on any atom is -0.469 e. The van der Waals surface area contributed by atoms with E-state index in [1.165, 1.54) is 0 Å². The minimum atomic E-state index is -0.276. The van der Waals surface area contributed by atoms with Crippen molar-refractivity contribution in [1.82, 2.24) is 15.1 Å². The molecule has 4 rings (SSSR count). The molecule has 2 aromatic rings. The van der Waals surface area contributed by atoms with Crippen molar-refractivity contribution in [3.63, 3.8) is 0 Å². The van der Waals surface area contributed by atoms with Gasteiger partial charge in [-0.2, -0.15) is 5.10 Å². The van der Waals surface area contributed by atoms with Gasteiger partial charge >= 0.3 is 0 Å². The van der Waals surface area contributed by atoms with Crippen molar-refractivity contribution in [3.05, 3.63) is 41.5 Å². The van der Waals surface area contributed by atoms with E-state index in [1.54, 1.807) is 12.3 Å². The zero-order valence-electron chi connectivity index (χ0n) is 15.2. The number of nitrogens with one attached hydrogen (secondary N) is 1. The normalized spacial score (nSPS) is 25.6. The van der Waals surface area contributed by atoms with Crippen LogP contribution in [0.4, 0.5) is 5.82 Å². The lowest BCUT2D eigenvalue weighted by Crippen LogP contribution is -2.50. The van der Waals surface area contributed by atoms with Crippen molar-refractivity contribution < 1.29 is 13.9 Å². The summed E-state index contributed by atoms with van der Waals surface area (Å²) in [6.45, 7) is 5.73. The predicted molar refractivity (Wildman–Crippen MR) is 96.1 cm³/mol. The van der Waals surface area contributed by atoms with Crippen LogP contribution in [-0.4, -0.2) is 52.3 Å². The number of likely N-dealkylation sites (tertiary alicyclic amines) is 1. The lowest BCUT2D eigenvalue weighted by Gasteiger charge is -2.39. The third-order valence-electron chi connectivity index (χ3n) is 5.27. The Kier molecular flexibility index (Phi) is 4.40. The van der Waals surface area contributed by atoms with Crippen LogP contribution in [-0.2, 0) is 4.74 Å². The monoisotopic (exact) mass is 356 g/mol. The van der Waals surface area contributed by atoms with Crippen LogP contribution in [0.15, 0.2) is 28.9 Å². The van der Waals surface area contributed by atoms with Gasteiger partial charge in [0, 0.05) is 13.0 Å². The summed E-state index contributed by atoms with van der Waals surface area (Å²) < 4.78 is 11.5. The quantitative estimate of drug-likeness (QED) is 0.910. The van der Waals surface area contributed by atoms with Crippen molar-refractivity contribution in [2.75, 3.05) is 25.0 Å². The molecule has 2 saturated heterocycles. The Morgan fingerprint density at radius 2 is 2.19 bits per heavy atom. The third kappa shape index (κ3) is 3.31. The SMILES string of the molecule is Cc1ccc(N[C@H]2CO[C@@]3(CCCN(C(=O)c4ccoc4C)C3)C2)nn1. The predicted octanol–water partition coefficient (Wildman–Crippen LogP) is 2.56. The highest BCUT2D eigenvalue weighted by Crippen LogP contribution is 2.36. The van der Waals surface area contributed by atoms with Crippen molar-refractivity contribution in [2.24, 2.45) is 0 Å². The van der Waals surface area contributed by atoms with Crippen LogP contribution >= 0.6 is 0 Å². The highest BCUT2D eigenvalue weighted by Gasteiger charge is 2.44. The summed E-state index contributed by atoms with van der Waals surface area (Å²) >= 11 is 0. The largest absolute Gasteiger partial charge is 0.469 e. The number of amides is 1. The first kappa shape index (κ1) is 17.0. The molecule has 0 radical (unpaired) electrons. The maximum Gasteiger partial charge on any atom is 0.257 e. The smallest absolute Gasteiger partial charge is 0.257 e. The lowest BCUT2D eigenvalue weighted by atomic mass is 9.88. The molecule has 2 aromatic heterocycles. The van der Waals surface area contributed by atoms with Crippen molar-refractivity contribution in [2.45, 2.75) is 44.8 Å². The topological polar surface area (TPSA) is 80.5 Å². The van der Waals surface area contributed by atoms with E-state index >= 15 is 0 Å². The fourth-order valence-electron chi connectivity index (χ4n) is 3.96. The van der Waals surface area contributed by atoms with Crippen LogP contribution in [0.5, 0.6) is 0 Å². The van der Waals surface area contributed by atoms with E-state index in [4.69, 9.17) is 9.15 Å². The summed E-state index contributed by atoms with van der Waals surface area (Å²) in [6.07, 6.45) is 4.34. The molecule has 4 heterocycles. The van der Waals surface area contributed by atoms with Crippen LogP contribution in [0.2, 0.25) is 0 Å². The van der Waals surface area contributed by atoms with Gasteiger partial charge in [0.2, 0.25) is 0 Å².